The number of aromatic nitrogens is 6. The Balaban J connectivity index is 2.00. The van der Waals surface area contributed by atoms with Gasteiger partial charge in [0, 0.05) is 6.42 Å². The van der Waals surface area contributed by atoms with E-state index in [1.807, 2.05) is 0 Å². The number of hydrogen-bond donors (Lipinski definition) is 2. The molecule has 0 saturated carbocycles. The van der Waals surface area contributed by atoms with Crippen LogP contribution in [-0.4, -0.2) is 40.4 Å². The molecule has 0 amide bonds. The predicted molar refractivity (Wildman–Crippen MR) is 55.6 cm³/mol. The van der Waals surface area contributed by atoms with Gasteiger partial charge in [-0.1, -0.05) is 10.9 Å². The fourth-order valence-corrected chi connectivity index (χ4v) is 1.12. The van der Waals surface area contributed by atoms with Crippen molar-refractivity contribution in [2.45, 2.75) is 6.42 Å². The highest BCUT2D eigenvalue weighted by atomic mass is 16.7. The van der Waals surface area contributed by atoms with Crippen LogP contribution in [0.4, 0.5) is 11.9 Å². The summed E-state index contributed by atoms with van der Waals surface area (Å²) in [6.45, 7) is 0. The zero-order valence-corrected chi connectivity index (χ0v) is 8.92. The van der Waals surface area contributed by atoms with Crippen molar-refractivity contribution in [3.05, 3.63) is 42.7 Å². The molecule has 0 radical (unpaired) electrons. The summed E-state index contributed by atoms with van der Waals surface area (Å²) < 4.78 is 0. The lowest BCUT2D eigenvalue weighted by Gasteiger charge is -1.96. The second kappa shape index (κ2) is 4.90. The Hall–Kier alpha value is -3.32. The SMILES string of the molecule is O=[N+]([O-])[N-]c1nc(Cc2n[nH]c([N-][N+](=O)[O-])n2)n[nH]1. The summed E-state index contributed by atoms with van der Waals surface area (Å²) in [5.41, 5.74) is 5.81. The number of H-pyrrole nitrogens is 2. The van der Waals surface area contributed by atoms with Gasteiger partial charge in [0.15, 0.2) is 0 Å². The Labute approximate surface area is 102 Å². The van der Waals surface area contributed by atoms with Crippen LogP contribution in [0, 0.1) is 20.2 Å². The van der Waals surface area contributed by atoms with Crippen LogP contribution in [0.3, 0.4) is 0 Å². The number of rotatable bonds is 6. The fraction of sp³-hybridized carbons (Fsp3) is 0.200. The highest BCUT2D eigenvalue weighted by Gasteiger charge is 2.03. The van der Waals surface area contributed by atoms with Gasteiger partial charge in [-0.2, -0.15) is 0 Å². The van der Waals surface area contributed by atoms with Crippen molar-refractivity contribution in [1.82, 2.24) is 30.4 Å². The molecule has 0 aliphatic rings. The maximum Gasteiger partial charge on any atom is 0.125 e. The summed E-state index contributed by atoms with van der Waals surface area (Å²) in [7, 11) is 0. The summed E-state index contributed by atoms with van der Waals surface area (Å²) in [5.74, 6) is -0.254. The van der Waals surface area contributed by atoms with Gasteiger partial charge in [-0.3, -0.25) is 0 Å². The van der Waals surface area contributed by atoms with Crippen LogP contribution in [0.5, 0.6) is 0 Å². The molecule has 100 valence electrons. The Bertz CT molecular complexity index is 550. The first kappa shape index (κ1) is 12.1. The molecule has 14 nitrogen and oxygen atoms in total. The molecule has 0 aliphatic carbocycles. The molecule has 0 aromatic carbocycles. The molecule has 0 unspecified atom stereocenters. The maximum atomic E-state index is 10.1. The molecule has 2 N–H and O–H groups in total. The number of nitrogens with zero attached hydrogens (tertiary/aromatic N) is 8. The van der Waals surface area contributed by atoms with Gasteiger partial charge < -0.3 is 20.2 Å². The standard InChI is InChI=1S/C5H4N10O4/c16-14(17)12-4-6-2(8-10-4)1-3-7-5(11-9-3)13-15(18)19/h1H2,(H2-2,6,7,8,9,10,11,12,13)/q-2. The third-order valence-electron chi connectivity index (χ3n) is 1.71. The van der Waals surface area contributed by atoms with Crippen LogP contribution >= 0.6 is 0 Å². The summed E-state index contributed by atoms with van der Waals surface area (Å²) in [4.78, 5) is 27.5. The summed E-state index contributed by atoms with van der Waals surface area (Å²) in [6.07, 6.45) is 0.00741. The summed E-state index contributed by atoms with van der Waals surface area (Å²) in [5, 5.41) is 30.1. The molecule has 0 spiro atoms. The van der Waals surface area contributed by atoms with E-state index in [1.54, 1.807) is 0 Å². The van der Waals surface area contributed by atoms with E-state index in [1.165, 1.54) is 0 Å². The molecular weight excluding hydrogens is 264 g/mol. The normalized spacial score (nSPS) is 10.1. The van der Waals surface area contributed by atoms with E-state index in [2.05, 4.69) is 41.2 Å². The molecule has 2 rings (SSSR count). The van der Waals surface area contributed by atoms with Gasteiger partial charge >= 0.3 is 0 Å². The van der Waals surface area contributed by atoms with Gasteiger partial charge in [0.2, 0.25) is 0 Å². The van der Waals surface area contributed by atoms with E-state index in [0.29, 0.717) is 0 Å². The van der Waals surface area contributed by atoms with Gasteiger partial charge in [0.05, 0.1) is 11.6 Å². The maximum absolute atomic E-state index is 10.1. The minimum Gasteiger partial charge on any atom is -0.339 e. The van der Waals surface area contributed by atoms with Gasteiger partial charge in [0.1, 0.15) is 22.0 Å². The topological polar surface area (TPSA) is 198 Å². The van der Waals surface area contributed by atoms with E-state index >= 15 is 0 Å². The quantitative estimate of drug-likeness (QED) is 0.534. The van der Waals surface area contributed by atoms with E-state index in [9.17, 15) is 20.2 Å². The van der Waals surface area contributed by atoms with Crippen molar-refractivity contribution < 1.29 is 10.1 Å². The Morgan fingerprint density at radius 1 is 0.947 bits per heavy atom. The molecule has 19 heavy (non-hydrogen) atoms. The minimum absolute atomic E-state index is 0.00741. The van der Waals surface area contributed by atoms with E-state index < -0.39 is 10.1 Å². The lowest BCUT2D eigenvalue weighted by molar-refractivity contribution is -0.419. The second-order valence-corrected chi connectivity index (χ2v) is 3.00. The van der Waals surface area contributed by atoms with Crippen LogP contribution in [-0.2, 0) is 6.42 Å². The van der Waals surface area contributed by atoms with Crippen LogP contribution < -0.4 is 0 Å². The molecule has 0 atom stereocenters. The van der Waals surface area contributed by atoms with Crippen LogP contribution in [0.25, 0.3) is 10.9 Å². The number of nitro groups is 2. The Morgan fingerprint density at radius 2 is 1.37 bits per heavy atom. The zero-order valence-electron chi connectivity index (χ0n) is 8.92. The van der Waals surface area contributed by atoms with Crippen molar-refractivity contribution in [3.63, 3.8) is 0 Å². The molecule has 2 aromatic rings. The average Bonchev–Trinajstić information content (AvgIpc) is 2.88. The smallest absolute Gasteiger partial charge is 0.125 e. The lowest BCUT2D eigenvalue weighted by Crippen LogP contribution is -1.93. The summed E-state index contributed by atoms with van der Waals surface area (Å²) >= 11 is 0. The van der Waals surface area contributed by atoms with Crippen molar-refractivity contribution in [3.8, 4) is 0 Å². The van der Waals surface area contributed by atoms with Gasteiger partial charge in [-0.25, -0.2) is 30.4 Å². The highest BCUT2D eigenvalue weighted by Crippen LogP contribution is 2.13. The highest BCUT2D eigenvalue weighted by molar-refractivity contribution is 5.27. The molecule has 2 heterocycles. The van der Waals surface area contributed by atoms with Crippen molar-refractivity contribution in [2.75, 3.05) is 0 Å². The van der Waals surface area contributed by atoms with Crippen molar-refractivity contribution >= 4 is 11.9 Å². The van der Waals surface area contributed by atoms with Gasteiger partial charge in [-0.05, 0) is 0 Å². The fourth-order valence-electron chi connectivity index (χ4n) is 1.12. The van der Waals surface area contributed by atoms with Gasteiger partial charge in [-0.15, -0.1) is 0 Å². The lowest BCUT2D eigenvalue weighted by atomic mass is 10.4. The first-order valence-corrected chi connectivity index (χ1v) is 4.57. The molecule has 0 aliphatic heterocycles. The molecule has 0 saturated heterocycles. The monoisotopic (exact) mass is 268 g/mol. The third kappa shape index (κ3) is 3.32. The molecule has 0 bridgehead atoms. The third-order valence-corrected chi connectivity index (χ3v) is 1.71. The van der Waals surface area contributed by atoms with Crippen LogP contribution in [0.2, 0.25) is 0 Å². The average molecular weight is 268 g/mol. The number of nitrogens with one attached hydrogen (secondary N) is 2. The van der Waals surface area contributed by atoms with E-state index in [-0.39, 0.29) is 30.0 Å². The second-order valence-electron chi connectivity index (χ2n) is 3.00. The molecular formula is C5H4N10O4-2. The van der Waals surface area contributed by atoms with Crippen LogP contribution in [0.15, 0.2) is 0 Å². The van der Waals surface area contributed by atoms with E-state index in [0.717, 1.165) is 0 Å². The summed E-state index contributed by atoms with van der Waals surface area (Å²) in [6, 6.07) is 0. The Morgan fingerprint density at radius 3 is 1.74 bits per heavy atom. The van der Waals surface area contributed by atoms with Crippen molar-refractivity contribution in [2.24, 2.45) is 0 Å². The number of hydrogen-bond acceptors (Lipinski definition) is 8. The molecule has 0 fully saturated rings. The predicted octanol–water partition coefficient (Wildman–Crippen LogP) is -0.0926. The zero-order chi connectivity index (χ0) is 13.8. The first-order valence-electron chi connectivity index (χ1n) is 4.57. The van der Waals surface area contributed by atoms with Crippen molar-refractivity contribution in [1.29, 1.82) is 0 Å². The first-order chi connectivity index (χ1) is 9.02. The number of aromatic amines is 2. The Kier molecular flexibility index (Phi) is 3.13. The van der Waals surface area contributed by atoms with Crippen LogP contribution in [0.1, 0.15) is 11.6 Å². The molecule has 14 heteroatoms. The van der Waals surface area contributed by atoms with E-state index in [4.69, 9.17) is 0 Å². The largest absolute Gasteiger partial charge is 0.339 e. The van der Waals surface area contributed by atoms with Gasteiger partial charge in [0.25, 0.3) is 0 Å². The molecule has 2 aromatic heterocycles. The minimum atomic E-state index is -0.925.